The lowest BCUT2D eigenvalue weighted by Crippen LogP contribution is -2.36. The van der Waals surface area contributed by atoms with Crippen molar-refractivity contribution >= 4 is 5.91 Å². The summed E-state index contributed by atoms with van der Waals surface area (Å²) in [5, 5.41) is 9.52. The lowest BCUT2D eigenvalue weighted by Gasteiger charge is -2.12. The molecular formula is C10H21N3O. The fourth-order valence-corrected chi connectivity index (χ4v) is 1.61. The predicted molar refractivity (Wildman–Crippen MR) is 57.2 cm³/mol. The summed E-state index contributed by atoms with van der Waals surface area (Å²) < 4.78 is 0. The Morgan fingerprint density at radius 3 is 2.93 bits per heavy atom. The molecule has 1 aliphatic rings. The maximum Gasteiger partial charge on any atom is 0.221 e. The Morgan fingerprint density at radius 2 is 2.36 bits per heavy atom. The lowest BCUT2D eigenvalue weighted by atomic mass is 10.2. The van der Waals surface area contributed by atoms with E-state index in [9.17, 15) is 4.79 Å². The Hall–Kier alpha value is -0.610. The summed E-state index contributed by atoms with van der Waals surface area (Å²) in [6.45, 7) is 6.87. The van der Waals surface area contributed by atoms with Crippen LogP contribution >= 0.6 is 0 Å². The standard InChI is InChI=1S/C10H21N3O/c1-8(2)13-10(14)4-6-12-9-3-5-11-7-9/h8-9,11-12H,3-7H2,1-2H3,(H,13,14). The van der Waals surface area contributed by atoms with E-state index in [-0.39, 0.29) is 11.9 Å². The van der Waals surface area contributed by atoms with Gasteiger partial charge in [0.1, 0.15) is 0 Å². The summed E-state index contributed by atoms with van der Waals surface area (Å²) in [5.74, 6) is 0.137. The van der Waals surface area contributed by atoms with Crippen molar-refractivity contribution in [1.29, 1.82) is 0 Å². The summed E-state index contributed by atoms with van der Waals surface area (Å²) in [6, 6.07) is 0.803. The molecule has 1 amide bonds. The van der Waals surface area contributed by atoms with E-state index in [1.165, 1.54) is 6.42 Å². The number of nitrogens with one attached hydrogen (secondary N) is 3. The molecule has 0 aliphatic carbocycles. The smallest absolute Gasteiger partial charge is 0.221 e. The lowest BCUT2D eigenvalue weighted by molar-refractivity contribution is -0.121. The summed E-state index contributed by atoms with van der Waals surface area (Å²) in [7, 11) is 0. The van der Waals surface area contributed by atoms with Crippen molar-refractivity contribution in [3.63, 3.8) is 0 Å². The van der Waals surface area contributed by atoms with Gasteiger partial charge in [0.2, 0.25) is 5.91 Å². The molecule has 4 heteroatoms. The number of carbonyl (C=O) groups excluding carboxylic acids is 1. The Balaban J connectivity index is 1.99. The van der Waals surface area contributed by atoms with Crippen molar-refractivity contribution in [3.05, 3.63) is 0 Å². The maximum atomic E-state index is 11.3. The minimum absolute atomic E-state index is 0.137. The Labute approximate surface area is 85.8 Å². The van der Waals surface area contributed by atoms with Gasteiger partial charge in [-0.25, -0.2) is 0 Å². The maximum absolute atomic E-state index is 11.3. The van der Waals surface area contributed by atoms with Crippen molar-refractivity contribution < 1.29 is 4.79 Å². The van der Waals surface area contributed by atoms with Crippen LogP contribution in [0.3, 0.4) is 0 Å². The fraction of sp³-hybridized carbons (Fsp3) is 0.900. The van der Waals surface area contributed by atoms with E-state index in [0.717, 1.165) is 19.6 Å². The van der Waals surface area contributed by atoms with Gasteiger partial charge < -0.3 is 16.0 Å². The molecule has 0 aromatic heterocycles. The van der Waals surface area contributed by atoms with Crippen molar-refractivity contribution in [1.82, 2.24) is 16.0 Å². The molecule has 0 radical (unpaired) electrons. The second-order valence-electron chi connectivity index (χ2n) is 4.12. The van der Waals surface area contributed by atoms with Gasteiger partial charge in [-0.1, -0.05) is 0 Å². The van der Waals surface area contributed by atoms with Gasteiger partial charge in [-0.05, 0) is 26.8 Å². The zero-order valence-electron chi connectivity index (χ0n) is 9.10. The second-order valence-corrected chi connectivity index (χ2v) is 4.12. The fourth-order valence-electron chi connectivity index (χ4n) is 1.61. The molecule has 0 bridgehead atoms. The zero-order valence-corrected chi connectivity index (χ0v) is 9.10. The monoisotopic (exact) mass is 199 g/mol. The number of carbonyl (C=O) groups is 1. The molecule has 0 aromatic carbocycles. The van der Waals surface area contributed by atoms with Gasteiger partial charge >= 0.3 is 0 Å². The van der Waals surface area contributed by atoms with Gasteiger partial charge in [0.15, 0.2) is 0 Å². The minimum Gasteiger partial charge on any atom is -0.354 e. The van der Waals surface area contributed by atoms with Gasteiger partial charge in [0.25, 0.3) is 0 Å². The van der Waals surface area contributed by atoms with Crippen LogP contribution in [0.2, 0.25) is 0 Å². The number of rotatable bonds is 5. The van der Waals surface area contributed by atoms with E-state index < -0.39 is 0 Å². The van der Waals surface area contributed by atoms with E-state index in [2.05, 4.69) is 16.0 Å². The van der Waals surface area contributed by atoms with E-state index in [1.807, 2.05) is 13.8 Å². The van der Waals surface area contributed by atoms with Crippen LogP contribution < -0.4 is 16.0 Å². The molecule has 1 atom stereocenters. The van der Waals surface area contributed by atoms with Gasteiger partial charge in [-0.3, -0.25) is 4.79 Å². The molecule has 1 aliphatic heterocycles. The molecule has 0 spiro atoms. The number of hydrogen-bond donors (Lipinski definition) is 3. The van der Waals surface area contributed by atoms with E-state index in [1.54, 1.807) is 0 Å². The molecule has 0 saturated carbocycles. The largest absolute Gasteiger partial charge is 0.354 e. The molecule has 14 heavy (non-hydrogen) atoms. The van der Waals surface area contributed by atoms with Crippen molar-refractivity contribution in [3.8, 4) is 0 Å². The number of hydrogen-bond acceptors (Lipinski definition) is 3. The highest BCUT2D eigenvalue weighted by atomic mass is 16.1. The third-order valence-electron chi connectivity index (χ3n) is 2.30. The highest BCUT2D eigenvalue weighted by Gasteiger charge is 2.13. The van der Waals surface area contributed by atoms with Crippen LogP contribution in [0.5, 0.6) is 0 Å². The first kappa shape index (κ1) is 11.5. The van der Waals surface area contributed by atoms with Crippen LogP contribution in [0.4, 0.5) is 0 Å². The predicted octanol–water partition coefficient (Wildman–Crippen LogP) is -0.147. The molecular weight excluding hydrogens is 178 g/mol. The first-order valence-electron chi connectivity index (χ1n) is 5.42. The van der Waals surface area contributed by atoms with Gasteiger partial charge in [0, 0.05) is 31.6 Å². The topological polar surface area (TPSA) is 53.2 Å². The van der Waals surface area contributed by atoms with Crippen LogP contribution in [0, 0.1) is 0 Å². The molecule has 3 N–H and O–H groups in total. The highest BCUT2D eigenvalue weighted by Crippen LogP contribution is 1.96. The summed E-state index contributed by atoms with van der Waals surface area (Å²) in [6.07, 6.45) is 1.75. The van der Waals surface area contributed by atoms with Crippen LogP contribution in [0.1, 0.15) is 26.7 Å². The Bertz CT molecular complexity index is 176. The van der Waals surface area contributed by atoms with Gasteiger partial charge in [-0.15, -0.1) is 0 Å². The third kappa shape index (κ3) is 4.58. The van der Waals surface area contributed by atoms with E-state index in [0.29, 0.717) is 12.5 Å². The molecule has 1 rings (SSSR count). The van der Waals surface area contributed by atoms with Crippen LogP contribution in [-0.4, -0.2) is 37.6 Å². The van der Waals surface area contributed by atoms with E-state index >= 15 is 0 Å². The van der Waals surface area contributed by atoms with Crippen molar-refractivity contribution in [2.24, 2.45) is 0 Å². The molecule has 1 saturated heterocycles. The number of amides is 1. The molecule has 1 fully saturated rings. The van der Waals surface area contributed by atoms with Gasteiger partial charge in [-0.2, -0.15) is 0 Å². The molecule has 1 heterocycles. The summed E-state index contributed by atoms with van der Waals surface area (Å²) in [4.78, 5) is 11.3. The van der Waals surface area contributed by atoms with Crippen LogP contribution in [0.15, 0.2) is 0 Å². The van der Waals surface area contributed by atoms with E-state index in [4.69, 9.17) is 0 Å². The first-order valence-corrected chi connectivity index (χ1v) is 5.42. The molecule has 82 valence electrons. The molecule has 1 unspecified atom stereocenters. The van der Waals surface area contributed by atoms with Gasteiger partial charge in [0.05, 0.1) is 0 Å². The van der Waals surface area contributed by atoms with Crippen LogP contribution in [0.25, 0.3) is 0 Å². The Kier molecular flexibility index (Phi) is 4.90. The van der Waals surface area contributed by atoms with Crippen molar-refractivity contribution in [2.45, 2.75) is 38.8 Å². The second kappa shape index (κ2) is 5.98. The minimum atomic E-state index is 0.137. The molecule has 4 nitrogen and oxygen atoms in total. The quantitative estimate of drug-likeness (QED) is 0.577. The summed E-state index contributed by atoms with van der Waals surface area (Å²) >= 11 is 0. The summed E-state index contributed by atoms with van der Waals surface area (Å²) in [5.41, 5.74) is 0. The third-order valence-corrected chi connectivity index (χ3v) is 2.30. The normalized spacial score (nSPS) is 21.5. The average Bonchev–Trinajstić information content (AvgIpc) is 2.55. The van der Waals surface area contributed by atoms with Crippen molar-refractivity contribution in [2.75, 3.05) is 19.6 Å². The first-order chi connectivity index (χ1) is 6.68. The molecule has 0 aromatic rings. The average molecular weight is 199 g/mol. The highest BCUT2D eigenvalue weighted by molar-refractivity contribution is 5.76. The Morgan fingerprint density at radius 1 is 1.57 bits per heavy atom. The SMILES string of the molecule is CC(C)NC(=O)CCNC1CCNC1. The van der Waals surface area contributed by atoms with Crippen LogP contribution in [-0.2, 0) is 4.79 Å². The zero-order chi connectivity index (χ0) is 10.4.